The van der Waals surface area contributed by atoms with Gasteiger partial charge in [0.1, 0.15) is 0 Å². The SMILES string of the molecule is CCN(CC)C(=O)CN(C)C(=O)c1cc([N+](=O)[O-])ccc1Cl. The summed E-state index contributed by atoms with van der Waals surface area (Å²) >= 11 is 5.93. The van der Waals surface area contributed by atoms with Crippen molar-refractivity contribution in [2.24, 2.45) is 0 Å². The fourth-order valence-electron chi connectivity index (χ4n) is 1.95. The van der Waals surface area contributed by atoms with Crippen molar-refractivity contribution < 1.29 is 14.5 Å². The number of amides is 2. The minimum Gasteiger partial charge on any atom is -0.342 e. The standard InChI is InChI=1S/C14H18ClN3O4/c1-4-17(5-2)13(19)9-16(3)14(20)11-8-10(18(21)22)6-7-12(11)15/h6-8H,4-5,9H2,1-3H3. The van der Waals surface area contributed by atoms with Gasteiger partial charge in [-0.05, 0) is 19.9 Å². The van der Waals surface area contributed by atoms with Crippen molar-refractivity contribution in [1.82, 2.24) is 9.80 Å². The van der Waals surface area contributed by atoms with Crippen LogP contribution in [0.1, 0.15) is 24.2 Å². The number of carbonyl (C=O) groups excluding carboxylic acids is 2. The third-order valence-electron chi connectivity index (χ3n) is 3.23. The summed E-state index contributed by atoms with van der Waals surface area (Å²) < 4.78 is 0. The highest BCUT2D eigenvalue weighted by atomic mass is 35.5. The van der Waals surface area contributed by atoms with Gasteiger partial charge in [0.2, 0.25) is 5.91 Å². The van der Waals surface area contributed by atoms with E-state index >= 15 is 0 Å². The van der Waals surface area contributed by atoms with Crippen LogP contribution < -0.4 is 0 Å². The third kappa shape index (κ3) is 4.17. The van der Waals surface area contributed by atoms with Gasteiger partial charge >= 0.3 is 0 Å². The van der Waals surface area contributed by atoms with Gasteiger partial charge in [-0.2, -0.15) is 0 Å². The summed E-state index contributed by atoms with van der Waals surface area (Å²) in [6.45, 7) is 4.69. The maximum atomic E-state index is 12.3. The topological polar surface area (TPSA) is 83.8 Å². The van der Waals surface area contributed by atoms with E-state index in [9.17, 15) is 19.7 Å². The van der Waals surface area contributed by atoms with Crippen LogP contribution in [0.25, 0.3) is 0 Å². The maximum absolute atomic E-state index is 12.3. The molecule has 0 aromatic heterocycles. The quantitative estimate of drug-likeness (QED) is 0.592. The zero-order valence-electron chi connectivity index (χ0n) is 12.7. The van der Waals surface area contributed by atoms with E-state index in [2.05, 4.69) is 0 Å². The van der Waals surface area contributed by atoms with Gasteiger partial charge in [0.05, 0.1) is 22.1 Å². The summed E-state index contributed by atoms with van der Waals surface area (Å²) in [4.78, 5) is 37.3. The molecule has 0 fully saturated rings. The molecule has 0 aliphatic carbocycles. The van der Waals surface area contributed by atoms with Gasteiger partial charge in [-0.3, -0.25) is 19.7 Å². The number of nitro groups is 1. The zero-order chi connectivity index (χ0) is 16.9. The lowest BCUT2D eigenvalue weighted by Crippen LogP contribution is -2.41. The highest BCUT2D eigenvalue weighted by Gasteiger charge is 2.21. The molecule has 120 valence electrons. The average molecular weight is 328 g/mol. The van der Waals surface area contributed by atoms with E-state index < -0.39 is 10.8 Å². The molecule has 7 nitrogen and oxygen atoms in total. The third-order valence-corrected chi connectivity index (χ3v) is 3.56. The van der Waals surface area contributed by atoms with E-state index in [1.807, 2.05) is 13.8 Å². The second kappa shape index (κ2) is 7.74. The Kier molecular flexibility index (Phi) is 6.30. The van der Waals surface area contributed by atoms with Gasteiger partial charge < -0.3 is 9.80 Å². The molecule has 0 radical (unpaired) electrons. The number of rotatable bonds is 6. The Balaban J connectivity index is 2.93. The first-order valence-electron chi connectivity index (χ1n) is 6.78. The number of carbonyl (C=O) groups is 2. The first-order chi connectivity index (χ1) is 10.3. The number of benzene rings is 1. The van der Waals surface area contributed by atoms with Crippen molar-refractivity contribution in [2.75, 3.05) is 26.7 Å². The molecule has 1 rings (SSSR count). The van der Waals surface area contributed by atoms with Crippen LogP contribution in [0.5, 0.6) is 0 Å². The highest BCUT2D eigenvalue weighted by Crippen LogP contribution is 2.23. The molecule has 0 spiro atoms. The molecule has 0 bridgehead atoms. The Morgan fingerprint density at radius 3 is 2.36 bits per heavy atom. The summed E-state index contributed by atoms with van der Waals surface area (Å²) in [6, 6.07) is 3.64. The van der Waals surface area contributed by atoms with Crippen LogP contribution in [0.15, 0.2) is 18.2 Å². The molecule has 0 saturated carbocycles. The van der Waals surface area contributed by atoms with Crippen LogP contribution in [-0.2, 0) is 4.79 Å². The molecule has 22 heavy (non-hydrogen) atoms. The maximum Gasteiger partial charge on any atom is 0.270 e. The van der Waals surface area contributed by atoms with Crippen molar-refractivity contribution in [3.05, 3.63) is 38.9 Å². The number of likely N-dealkylation sites (N-methyl/N-ethyl adjacent to an activating group) is 2. The monoisotopic (exact) mass is 327 g/mol. The molecule has 0 saturated heterocycles. The Bertz CT molecular complexity index is 587. The van der Waals surface area contributed by atoms with Gasteiger partial charge in [0.15, 0.2) is 0 Å². The molecule has 0 unspecified atom stereocenters. The lowest BCUT2D eigenvalue weighted by atomic mass is 10.1. The molecular weight excluding hydrogens is 310 g/mol. The Morgan fingerprint density at radius 1 is 1.27 bits per heavy atom. The molecule has 2 amide bonds. The van der Waals surface area contributed by atoms with Crippen LogP contribution >= 0.6 is 11.6 Å². The largest absolute Gasteiger partial charge is 0.342 e. The predicted molar refractivity (Wildman–Crippen MR) is 83.0 cm³/mol. The average Bonchev–Trinajstić information content (AvgIpc) is 2.47. The molecule has 1 aromatic rings. The molecule has 0 atom stereocenters. The molecular formula is C14H18ClN3O4. The molecule has 0 N–H and O–H groups in total. The van der Waals surface area contributed by atoms with Crippen LogP contribution in [0.3, 0.4) is 0 Å². The molecule has 0 heterocycles. The van der Waals surface area contributed by atoms with E-state index in [1.165, 1.54) is 24.1 Å². The van der Waals surface area contributed by atoms with Crippen LogP contribution in [-0.4, -0.2) is 53.2 Å². The van der Waals surface area contributed by atoms with Crippen LogP contribution in [0.4, 0.5) is 5.69 Å². The summed E-state index contributed by atoms with van der Waals surface area (Å²) in [5.74, 6) is -0.725. The minimum atomic E-state index is -0.603. The zero-order valence-corrected chi connectivity index (χ0v) is 13.5. The number of nitrogens with zero attached hydrogens (tertiary/aromatic N) is 3. The van der Waals surface area contributed by atoms with E-state index in [0.717, 1.165) is 6.07 Å². The summed E-state index contributed by atoms with van der Waals surface area (Å²) in [7, 11) is 1.46. The lowest BCUT2D eigenvalue weighted by molar-refractivity contribution is -0.384. The molecule has 0 aliphatic heterocycles. The second-order valence-electron chi connectivity index (χ2n) is 4.65. The smallest absolute Gasteiger partial charge is 0.270 e. The molecule has 0 aliphatic rings. The Morgan fingerprint density at radius 2 is 1.86 bits per heavy atom. The number of halogens is 1. The van der Waals surface area contributed by atoms with Crippen molar-refractivity contribution in [3.63, 3.8) is 0 Å². The number of hydrogen-bond acceptors (Lipinski definition) is 4. The van der Waals surface area contributed by atoms with Crippen molar-refractivity contribution in [1.29, 1.82) is 0 Å². The number of hydrogen-bond donors (Lipinski definition) is 0. The second-order valence-corrected chi connectivity index (χ2v) is 5.06. The van der Waals surface area contributed by atoms with E-state index in [-0.39, 0.29) is 28.7 Å². The van der Waals surface area contributed by atoms with Gasteiger partial charge in [-0.1, -0.05) is 11.6 Å². The molecule has 1 aromatic carbocycles. The fourth-order valence-corrected chi connectivity index (χ4v) is 2.15. The van der Waals surface area contributed by atoms with Crippen molar-refractivity contribution in [3.8, 4) is 0 Å². The van der Waals surface area contributed by atoms with E-state index in [0.29, 0.717) is 13.1 Å². The van der Waals surface area contributed by atoms with Gasteiger partial charge in [-0.15, -0.1) is 0 Å². The Hall–Kier alpha value is -2.15. The van der Waals surface area contributed by atoms with E-state index in [4.69, 9.17) is 11.6 Å². The fraction of sp³-hybridized carbons (Fsp3) is 0.429. The predicted octanol–water partition coefficient (Wildman–Crippen LogP) is 2.19. The summed E-state index contributed by atoms with van der Waals surface area (Å²) in [5, 5.41) is 10.9. The number of nitro benzene ring substituents is 1. The van der Waals surface area contributed by atoms with E-state index in [1.54, 1.807) is 4.90 Å². The first kappa shape index (κ1) is 17.9. The molecule has 8 heteroatoms. The van der Waals surface area contributed by atoms with Gasteiger partial charge in [-0.25, -0.2) is 0 Å². The van der Waals surface area contributed by atoms with Crippen LogP contribution in [0, 0.1) is 10.1 Å². The van der Waals surface area contributed by atoms with Crippen molar-refractivity contribution in [2.45, 2.75) is 13.8 Å². The first-order valence-corrected chi connectivity index (χ1v) is 7.16. The Labute approximate surface area is 133 Å². The normalized spacial score (nSPS) is 10.2. The summed E-state index contributed by atoms with van der Waals surface area (Å²) in [6.07, 6.45) is 0. The van der Waals surface area contributed by atoms with Crippen LogP contribution in [0.2, 0.25) is 5.02 Å². The highest BCUT2D eigenvalue weighted by molar-refractivity contribution is 6.34. The lowest BCUT2D eigenvalue weighted by Gasteiger charge is -2.23. The van der Waals surface area contributed by atoms with Gasteiger partial charge in [0.25, 0.3) is 11.6 Å². The minimum absolute atomic E-state index is 0.00529. The van der Waals surface area contributed by atoms with Gasteiger partial charge in [0, 0.05) is 32.3 Å². The number of non-ortho nitro benzene ring substituents is 1. The summed E-state index contributed by atoms with van der Waals surface area (Å²) in [5.41, 5.74) is -0.220. The van der Waals surface area contributed by atoms with Crippen molar-refractivity contribution >= 4 is 29.1 Å².